The van der Waals surface area contributed by atoms with E-state index in [9.17, 15) is 4.79 Å². The van der Waals surface area contributed by atoms with Crippen molar-refractivity contribution < 1.29 is 29.3 Å². The second-order valence-corrected chi connectivity index (χ2v) is 3.48. The Morgan fingerprint density at radius 1 is 1.33 bits per heavy atom. The molecule has 2 aliphatic heterocycles. The van der Waals surface area contributed by atoms with Crippen LogP contribution in [0.5, 0.6) is 0 Å². The number of fused-ring (bicyclic) bond motifs is 1. The third-order valence-electron chi connectivity index (χ3n) is 2.61. The summed E-state index contributed by atoms with van der Waals surface area (Å²) < 4.78 is 3.37. The van der Waals surface area contributed by atoms with E-state index in [0.29, 0.717) is 6.54 Å². The molecular formula is C9H12N2O4+2. The van der Waals surface area contributed by atoms with Crippen LogP contribution in [0.4, 0.5) is 0 Å². The Morgan fingerprint density at radius 3 is 2.67 bits per heavy atom. The Hall–Kier alpha value is -1.85. The van der Waals surface area contributed by atoms with Gasteiger partial charge in [0.05, 0.1) is 0 Å². The number of hydrogen-bond acceptors (Lipinski definition) is 3. The van der Waals surface area contributed by atoms with Gasteiger partial charge in [0.1, 0.15) is 6.42 Å². The highest BCUT2D eigenvalue weighted by molar-refractivity contribution is 5.87. The van der Waals surface area contributed by atoms with Crippen LogP contribution in [0.2, 0.25) is 0 Å². The van der Waals surface area contributed by atoms with Crippen LogP contribution >= 0.6 is 0 Å². The summed E-state index contributed by atoms with van der Waals surface area (Å²) in [4.78, 5) is 10.9. The Morgan fingerprint density at radius 2 is 2.07 bits per heavy atom. The molecule has 2 aliphatic rings. The van der Waals surface area contributed by atoms with Gasteiger partial charge in [-0.2, -0.15) is 0 Å². The molecule has 0 bridgehead atoms. The number of nitrogens with zero attached hydrogens (tertiary/aromatic N) is 2. The molecule has 80 valence electrons. The van der Waals surface area contributed by atoms with E-state index in [1.807, 2.05) is 10.8 Å². The van der Waals surface area contributed by atoms with E-state index in [-0.39, 0.29) is 0 Å². The van der Waals surface area contributed by atoms with Gasteiger partial charge in [0, 0.05) is 6.42 Å². The smallest absolute Gasteiger partial charge is 0.419 e. The lowest BCUT2D eigenvalue weighted by Crippen LogP contribution is -2.25. The van der Waals surface area contributed by atoms with E-state index in [1.54, 1.807) is 0 Å². The van der Waals surface area contributed by atoms with Crippen molar-refractivity contribution in [2.75, 3.05) is 13.1 Å². The third kappa shape index (κ3) is 1.47. The van der Waals surface area contributed by atoms with Crippen molar-refractivity contribution in [3.05, 3.63) is 11.6 Å². The molecule has 2 rings (SSSR count). The molecule has 6 nitrogen and oxygen atoms in total. The van der Waals surface area contributed by atoms with Crippen molar-refractivity contribution in [3.8, 4) is 0 Å². The number of carboxylic acid groups (broad SMARTS) is 1. The van der Waals surface area contributed by atoms with E-state index < -0.39 is 17.6 Å². The van der Waals surface area contributed by atoms with Crippen molar-refractivity contribution in [1.29, 1.82) is 0 Å². The highest BCUT2D eigenvalue weighted by Crippen LogP contribution is 2.14. The molecule has 15 heavy (non-hydrogen) atoms. The number of aliphatic hydroxyl groups excluding tert-OH is 1. The fourth-order valence-corrected chi connectivity index (χ4v) is 2.00. The minimum absolute atomic E-state index is 0.377. The second kappa shape index (κ2) is 3.38. The fourth-order valence-electron chi connectivity index (χ4n) is 2.00. The summed E-state index contributed by atoms with van der Waals surface area (Å²) in [5.41, 5.74) is -0.453. The lowest BCUT2D eigenvalue weighted by Gasteiger charge is -1.95. The monoisotopic (exact) mass is 212 g/mol. The van der Waals surface area contributed by atoms with E-state index >= 15 is 0 Å². The zero-order valence-corrected chi connectivity index (χ0v) is 8.05. The number of hydrogen-bond donors (Lipinski definition) is 3. The minimum atomic E-state index is -1.33. The van der Waals surface area contributed by atoms with Crippen LogP contribution in [0.1, 0.15) is 12.8 Å². The van der Waals surface area contributed by atoms with Gasteiger partial charge in [-0.05, 0) is 0 Å². The number of carbonyl (C=O) groups is 1. The molecular weight excluding hydrogens is 200 g/mol. The fraction of sp³-hybridized carbons (Fsp3) is 0.444. The van der Waals surface area contributed by atoms with Gasteiger partial charge in [-0.25, -0.2) is 4.79 Å². The van der Waals surface area contributed by atoms with E-state index in [0.717, 1.165) is 25.2 Å². The quantitative estimate of drug-likeness (QED) is 0.332. The molecule has 0 amide bonds. The number of rotatable bonds is 2. The molecule has 2 heterocycles. The average Bonchev–Trinajstić information content (AvgIpc) is 2.67. The molecule has 0 aromatic carbocycles. The van der Waals surface area contributed by atoms with Gasteiger partial charge < -0.3 is 15.3 Å². The molecule has 1 saturated heterocycles. The van der Waals surface area contributed by atoms with Gasteiger partial charge >= 0.3 is 23.4 Å². The maximum atomic E-state index is 10.9. The summed E-state index contributed by atoms with van der Waals surface area (Å²) in [7, 11) is 0. The Labute approximate surface area is 85.7 Å². The molecule has 1 fully saturated rings. The van der Waals surface area contributed by atoms with E-state index in [1.165, 1.54) is 4.58 Å². The lowest BCUT2D eigenvalue weighted by molar-refractivity contribution is -0.501. The molecule has 0 saturated carbocycles. The number of aliphatic carboxylic acids is 1. The maximum Gasteiger partial charge on any atom is 0.419 e. The van der Waals surface area contributed by atoms with Crippen LogP contribution in [0.3, 0.4) is 0 Å². The normalized spacial score (nSPS) is 18.8. The number of aliphatic hydroxyl groups is 2. The van der Waals surface area contributed by atoms with Crippen LogP contribution in [0, 0.1) is 0 Å². The highest BCUT2D eigenvalue weighted by atomic mass is 16.5. The molecule has 0 spiro atoms. The first-order valence-electron chi connectivity index (χ1n) is 4.70. The van der Waals surface area contributed by atoms with Gasteiger partial charge in [0.2, 0.25) is 12.8 Å². The molecule has 0 atom stereocenters. The zero-order valence-electron chi connectivity index (χ0n) is 8.05. The minimum Gasteiger partial charge on any atom is -0.476 e. The summed E-state index contributed by atoms with van der Waals surface area (Å²) in [6.07, 6.45) is 3.58. The Balaban J connectivity index is 2.45. The van der Waals surface area contributed by atoms with E-state index in [2.05, 4.69) is 0 Å². The Bertz CT molecular complexity index is 416. The van der Waals surface area contributed by atoms with Crippen molar-refractivity contribution in [3.63, 3.8) is 0 Å². The largest absolute Gasteiger partial charge is 0.476 e. The molecule has 0 unspecified atom stereocenters. The summed E-state index contributed by atoms with van der Waals surface area (Å²) in [6.45, 7) is 1.24. The summed E-state index contributed by atoms with van der Waals surface area (Å²) >= 11 is 0. The van der Waals surface area contributed by atoms with Crippen molar-refractivity contribution >= 4 is 18.0 Å². The predicted molar refractivity (Wildman–Crippen MR) is 50.5 cm³/mol. The second-order valence-electron chi connectivity index (χ2n) is 3.48. The predicted octanol–water partition coefficient (Wildman–Crippen LogP) is -0.342. The van der Waals surface area contributed by atoms with Crippen molar-refractivity contribution in [1.82, 2.24) is 0 Å². The maximum absolute atomic E-state index is 10.9. The SMILES string of the molecule is O=C(O)C(=C(O)O)[N+]1=C2CCC[N+]2=CC1. The molecule has 0 aromatic rings. The van der Waals surface area contributed by atoms with Crippen LogP contribution < -0.4 is 0 Å². The standard InChI is InChI=1S/C9H10N2O4/c12-8(13)7(9(14)15)11-5-4-10-3-1-2-6(10)11/h4H,1-3,5H2,(H-2,12,13,14,15)/p+2. The first-order chi connectivity index (χ1) is 7.11. The van der Waals surface area contributed by atoms with Gasteiger partial charge in [-0.1, -0.05) is 0 Å². The molecule has 0 aliphatic carbocycles. The van der Waals surface area contributed by atoms with Crippen LogP contribution in [-0.4, -0.2) is 55.6 Å². The average molecular weight is 212 g/mol. The zero-order chi connectivity index (χ0) is 11.0. The number of amidine groups is 1. The van der Waals surface area contributed by atoms with Gasteiger partial charge in [-0.15, -0.1) is 9.15 Å². The van der Waals surface area contributed by atoms with E-state index in [4.69, 9.17) is 15.3 Å². The number of carboxylic acids is 1. The van der Waals surface area contributed by atoms with Crippen LogP contribution in [0.25, 0.3) is 0 Å². The molecule has 6 heteroatoms. The van der Waals surface area contributed by atoms with Gasteiger partial charge in [0.25, 0.3) is 0 Å². The summed E-state index contributed by atoms with van der Waals surface area (Å²) in [5.74, 6) is -1.64. The van der Waals surface area contributed by atoms with Crippen molar-refractivity contribution in [2.24, 2.45) is 0 Å². The topological polar surface area (TPSA) is 83.8 Å². The van der Waals surface area contributed by atoms with Gasteiger partial charge in [0.15, 0.2) is 6.54 Å². The van der Waals surface area contributed by atoms with Crippen molar-refractivity contribution in [2.45, 2.75) is 12.8 Å². The summed E-state index contributed by atoms with van der Waals surface area (Å²) in [6, 6.07) is 0. The summed E-state index contributed by atoms with van der Waals surface area (Å²) in [5, 5.41) is 26.7. The highest BCUT2D eigenvalue weighted by Gasteiger charge is 2.43. The first-order valence-corrected chi connectivity index (χ1v) is 4.70. The molecule has 0 aromatic heterocycles. The first kappa shape index (κ1) is 9.70. The van der Waals surface area contributed by atoms with Gasteiger partial charge in [-0.3, -0.25) is 0 Å². The molecule has 0 radical (unpaired) electrons. The van der Waals surface area contributed by atoms with Crippen LogP contribution in [-0.2, 0) is 4.79 Å². The Kier molecular flexibility index (Phi) is 2.18. The lowest BCUT2D eigenvalue weighted by atomic mass is 10.3. The third-order valence-corrected chi connectivity index (χ3v) is 2.61. The van der Waals surface area contributed by atoms with Crippen LogP contribution in [0.15, 0.2) is 11.6 Å². The molecule has 3 N–H and O–H groups in total.